The first-order valence-electron chi connectivity index (χ1n) is 3.56. The fourth-order valence-electron chi connectivity index (χ4n) is 0.865. The Kier molecular flexibility index (Phi) is 3.00. The van der Waals surface area contributed by atoms with E-state index in [2.05, 4.69) is 4.98 Å². The highest BCUT2D eigenvalue weighted by Crippen LogP contribution is 2.27. The summed E-state index contributed by atoms with van der Waals surface area (Å²) in [5.74, 6) is 0.409. The second-order valence-corrected chi connectivity index (χ2v) is 2.25. The topological polar surface area (TPSA) is 31.4 Å². The molecule has 1 heterocycles. The molecule has 3 nitrogen and oxygen atoms in total. The van der Waals surface area contributed by atoms with Crippen LogP contribution in [-0.4, -0.2) is 19.2 Å². The van der Waals surface area contributed by atoms with E-state index in [0.29, 0.717) is 5.75 Å². The van der Waals surface area contributed by atoms with Crippen LogP contribution < -0.4 is 9.47 Å². The van der Waals surface area contributed by atoms with Crippen LogP contribution in [0, 0.1) is 0 Å². The van der Waals surface area contributed by atoms with Gasteiger partial charge in [0.1, 0.15) is 5.69 Å². The van der Waals surface area contributed by atoms with Crippen molar-refractivity contribution in [2.45, 2.75) is 6.43 Å². The standard InChI is InChI=1S/C8H9F2NO2/c1-12-6-4-3-5(7(9)10)11-8(6)13-2/h3-4,7H,1-2H3. The second-order valence-electron chi connectivity index (χ2n) is 2.25. The number of aromatic nitrogens is 1. The number of methoxy groups -OCH3 is 2. The van der Waals surface area contributed by atoms with Crippen LogP contribution in [0.2, 0.25) is 0 Å². The Labute approximate surface area is 74.3 Å². The van der Waals surface area contributed by atoms with Gasteiger partial charge in [-0.2, -0.15) is 0 Å². The van der Waals surface area contributed by atoms with E-state index in [9.17, 15) is 8.78 Å². The fraction of sp³-hybridized carbons (Fsp3) is 0.375. The third-order valence-corrected chi connectivity index (χ3v) is 1.48. The first kappa shape index (κ1) is 9.70. The van der Waals surface area contributed by atoms with Crippen LogP contribution in [-0.2, 0) is 0 Å². The highest BCUT2D eigenvalue weighted by molar-refractivity contribution is 5.34. The Hall–Kier alpha value is -1.39. The smallest absolute Gasteiger partial charge is 0.280 e. The first-order chi connectivity index (χ1) is 6.19. The minimum absolute atomic E-state index is 0.0697. The van der Waals surface area contributed by atoms with E-state index in [0.717, 1.165) is 0 Å². The van der Waals surface area contributed by atoms with E-state index in [1.54, 1.807) is 0 Å². The van der Waals surface area contributed by atoms with Crippen molar-refractivity contribution in [1.82, 2.24) is 4.98 Å². The van der Waals surface area contributed by atoms with Gasteiger partial charge in [0.15, 0.2) is 5.75 Å². The molecular weight excluding hydrogens is 180 g/mol. The van der Waals surface area contributed by atoms with Crippen LogP contribution in [0.1, 0.15) is 12.1 Å². The summed E-state index contributed by atoms with van der Waals surface area (Å²) in [5.41, 5.74) is -0.322. The predicted molar refractivity (Wildman–Crippen MR) is 42.3 cm³/mol. The van der Waals surface area contributed by atoms with Gasteiger partial charge >= 0.3 is 0 Å². The molecule has 0 atom stereocenters. The maximum atomic E-state index is 12.2. The molecule has 0 amide bonds. The maximum Gasteiger partial charge on any atom is 0.280 e. The van der Waals surface area contributed by atoms with Crippen molar-refractivity contribution < 1.29 is 18.3 Å². The minimum Gasteiger partial charge on any atom is -0.491 e. The number of rotatable bonds is 3. The van der Waals surface area contributed by atoms with Crippen molar-refractivity contribution in [3.05, 3.63) is 17.8 Å². The van der Waals surface area contributed by atoms with E-state index < -0.39 is 6.43 Å². The lowest BCUT2D eigenvalue weighted by Gasteiger charge is -2.07. The molecule has 0 N–H and O–H groups in total. The van der Waals surface area contributed by atoms with Crippen molar-refractivity contribution in [2.24, 2.45) is 0 Å². The zero-order valence-electron chi connectivity index (χ0n) is 7.25. The monoisotopic (exact) mass is 189 g/mol. The number of halogens is 2. The lowest BCUT2D eigenvalue weighted by atomic mass is 10.3. The molecular formula is C8H9F2NO2. The van der Waals surface area contributed by atoms with Gasteiger partial charge in [-0.15, -0.1) is 0 Å². The van der Waals surface area contributed by atoms with Gasteiger partial charge < -0.3 is 9.47 Å². The molecule has 13 heavy (non-hydrogen) atoms. The van der Waals surface area contributed by atoms with E-state index in [-0.39, 0.29) is 11.6 Å². The molecule has 1 aromatic rings. The molecule has 0 aliphatic heterocycles. The van der Waals surface area contributed by atoms with Crippen LogP contribution >= 0.6 is 0 Å². The lowest BCUT2D eigenvalue weighted by molar-refractivity contribution is 0.144. The Bertz CT molecular complexity index is 291. The van der Waals surface area contributed by atoms with Gasteiger partial charge in [0, 0.05) is 0 Å². The van der Waals surface area contributed by atoms with E-state index in [1.165, 1.54) is 26.4 Å². The van der Waals surface area contributed by atoms with Crippen LogP contribution in [0.15, 0.2) is 12.1 Å². The molecule has 0 fully saturated rings. The van der Waals surface area contributed by atoms with Gasteiger partial charge in [0.25, 0.3) is 12.3 Å². The molecule has 1 aromatic heterocycles. The largest absolute Gasteiger partial charge is 0.491 e. The number of hydrogen-bond donors (Lipinski definition) is 0. The quantitative estimate of drug-likeness (QED) is 0.729. The molecule has 0 aliphatic carbocycles. The van der Waals surface area contributed by atoms with Gasteiger partial charge in [-0.1, -0.05) is 0 Å². The summed E-state index contributed by atoms with van der Waals surface area (Å²) >= 11 is 0. The summed E-state index contributed by atoms with van der Waals surface area (Å²) in [6, 6.07) is 2.60. The fourth-order valence-corrected chi connectivity index (χ4v) is 0.865. The van der Waals surface area contributed by atoms with Crippen LogP contribution in [0.3, 0.4) is 0 Å². The number of pyridine rings is 1. The Morgan fingerprint density at radius 3 is 2.38 bits per heavy atom. The minimum atomic E-state index is -2.60. The molecule has 0 spiro atoms. The Morgan fingerprint density at radius 2 is 1.92 bits per heavy atom. The molecule has 0 aliphatic rings. The summed E-state index contributed by atoms with van der Waals surface area (Å²) < 4.78 is 33.9. The molecule has 72 valence electrons. The molecule has 0 saturated carbocycles. The van der Waals surface area contributed by atoms with Gasteiger partial charge in [0.2, 0.25) is 0 Å². The van der Waals surface area contributed by atoms with Gasteiger partial charge in [-0.05, 0) is 12.1 Å². The molecule has 0 bridgehead atoms. The summed E-state index contributed by atoms with van der Waals surface area (Å²) in [7, 11) is 2.77. The van der Waals surface area contributed by atoms with Gasteiger partial charge in [-0.25, -0.2) is 13.8 Å². The summed E-state index contributed by atoms with van der Waals surface area (Å²) in [6.45, 7) is 0. The maximum absolute atomic E-state index is 12.2. The molecule has 5 heteroatoms. The van der Waals surface area contributed by atoms with Crippen LogP contribution in [0.25, 0.3) is 0 Å². The average molecular weight is 189 g/mol. The van der Waals surface area contributed by atoms with Crippen LogP contribution in [0.5, 0.6) is 11.6 Å². The highest BCUT2D eigenvalue weighted by atomic mass is 19.3. The van der Waals surface area contributed by atoms with E-state index in [1.807, 2.05) is 0 Å². The molecule has 0 aromatic carbocycles. The summed E-state index contributed by atoms with van der Waals surface area (Å²) in [5, 5.41) is 0. The van der Waals surface area contributed by atoms with E-state index in [4.69, 9.17) is 9.47 Å². The SMILES string of the molecule is COc1ccc(C(F)F)nc1OC. The molecule has 0 radical (unpaired) electrons. The highest BCUT2D eigenvalue weighted by Gasteiger charge is 2.12. The number of alkyl halides is 2. The third kappa shape index (κ3) is 2.05. The zero-order chi connectivity index (χ0) is 9.84. The second kappa shape index (κ2) is 4.02. The predicted octanol–water partition coefficient (Wildman–Crippen LogP) is 2.04. The molecule has 1 rings (SSSR count). The lowest BCUT2D eigenvalue weighted by Crippen LogP contribution is -1.97. The van der Waals surface area contributed by atoms with Gasteiger partial charge in [-0.3, -0.25) is 0 Å². The first-order valence-corrected chi connectivity index (χ1v) is 3.56. The zero-order valence-corrected chi connectivity index (χ0v) is 7.25. The summed E-state index contributed by atoms with van der Waals surface area (Å²) in [4.78, 5) is 3.56. The van der Waals surface area contributed by atoms with E-state index >= 15 is 0 Å². The number of ether oxygens (including phenoxy) is 2. The Morgan fingerprint density at radius 1 is 1.23 bits per heavy atom. The van der Waals surface area contributed by atoms with Crippen molar-refractivity contribution in [2.75, 3.05) is 14.2 Å². The third-order valence-electron chi connectivity index (χ3n) is 1.48. The van der Waals surface area contributed by atoms with Crippen molar-refractivity contribution in [3.63, 3.8) is 0 Å². The molecule has 0 saturated heterocycles. The summed E-state index contributed by atoms with van der Waals surface area (Å²) in [6.07, 6.45) is -2.60. The van der Waals surface area contributed by atoms with Crippen molar-refractivity contribution >= 4 is 0 Å². The number of hydrogen-bond acceptors (Lipinski definition) is 3. The van der Waals surface area contributed by atoms with Crippen molar-refractivity contribution in [3.8, 4) is 11.6 Å². The van der Waals surface area contributed by atoms with Gasteiger partial charge in [0.05, 0.1) is 14.2 Å². The normalized spacial score (nSPS) is 10.2. The van der Waals surface area contributed by atoms with Crippen molar-refractivity contribution in [1.29, 1.82) is 0 Å². The average Bonchev–Trinajstić information content (AvgIpc) is 2.16. The Balaban J connectivity index is 3.05. The molecule has 0 unspecified atom stereocenters. The number of nitrogens with zero attached hydrogens (tertiary/aromatic N) is 1. The van der Waals surface area contributed by atoms with Crippen LogP contribution in [0.4, 0.5) is 8.78 Å².